The highest BCUT2D eigenvalue weighted by Gasteiger charge is 2.76. The molecule has 2 aliphatic carbocycles. The van der Waals surface area contributed by atoms with Gasteiger partial charge in [0.1, 0.15) is 5.69 Å². The van der Waals surface area contributed by atoms with Crippen LogP contribution in [0.1, 0.15) is 30.9 Å². The van der Waals surface area contributed by atoms with Crippen LogP contribution in [0.25, 0.3) is 6.08 Å². The monoisotopic (exact) mass is 790 g/mol. The number of phenols is 1. The standard InChI is InChI=1S/C38H29Cl2F5N2O7/c1-4-16-5-8-18(9-6-16)46-33(49)20-11-10-19-21(25(20)34(46)50)15-37(39)35(51)47(31-29(44)27(42)26(41)28(43)30(31)45)36(52)38(37,40)22(19)12-7-17-13-23(53-2)32(48)24(14-17)54-3/h5-10,12-14,20-22,25,48H,4,11,15H2,1-3H3. The van der Waals surface area contributed by atoms with Crippen LogP contribution >= 0.6 is 23.2 Å². The summed E-state index contributed by atoms with van der Waals surface area (Å²) in [6.07, 6.45) is 4.38. The second-order valence-electron chi connectivity index (χ2n) is 13.4. The first-order valence-corrected chi connectivity index (χ1v) is 17.4. The molecule has 6 atom stereocenters. The highest BCUT2D eigenvalue weighted by molar-refractivity contribution is 6.58. The van der Waals surface area contributed by atoms with Crippen LogP contribution in [0.15, 0.2) is 54.1 Å². The van der Waals surface area contributed by atoms with Crippen LogP contribution in [0.3, 0.4) is 0 Å². The first-order chi connectivity index (χ1) is 25.6. The quantitative estimate of drug-likeness (QED) is 0.0687. The van der Waals surface area contributed by atoms with Gasteiger partial charge in [-0.2, -0.15) is 0 Å². The van der Waals surface area contributed by atoms with Crippen LogP contribution in [0.2, 0.25) is 0 Å². The molecule has 4 amide bonds. The average molecular weight is 792 g/mol. The number of carbonyl (C=O) groups is 4. The molecule has 7 rings (SSSR count). The molecule has 3 aromatic rings. The molecule has 6 unspecified atom stereocenters. The third kappa shape index (κ3) is 5.02. The molecular formula is C38H29Cl2F5N2O7. The van der Waals surface area contributed by atoms with Crippen molar-refractivity contribution in [1.29, 1.82) is 0 Å². The smallest absolute Gasteiger partial charge is 0.258 e. The summed E-state index contributed by atoms with van der Waals surface area (Å²) >= 11 is 14.3. The summed E-state index contributed by atoms with van der Waals surface area (Å²) in [5, 5.41) is 10.4. The number of fused-ring (bicyclic) bond motifs is 4. The summed E-state index contributed by atoms with van der Waals surface area (Å²) in [7, 11) is 2.56. The molecule has 4 aliphatic rings. The molecule has 0 aromatic heterocycles. The zero-order valence-corrected chi connectivity index (χ0v) is 30.1. The summed E-state index contributed by atoms with van der Waals surface area (Å²) in [5.41, 5.74) is -0.0372. The molecule has 3 fully saturated rings. The van der Waals surface area contributed by atoms with Gasteiger partial charge in [0.15, 0.2) is 44.5 Å². The van der Waals surface area contributed by atoms with Crippen molar-refractivity contribution in [1.82, 2.24) is 0 Å². The Labute approximate surface area is 314 Å². The van der Waals surface area contributed by atoms with E-state index >= 15 is 8.78 Å². The van der Waals surface area contributed by atoms with Crippen molar-refractivity contribution in [3.8, 4) is 17.2 Å². The number of amides is 4. The number of aromatic hydroxyl groups is 1. The fourth-order valence-corrected chi connectivity index (χ4v) is 9.06. The van der Waals surface area contributed by atoms with Gasteiger partial charge in [-0.05, 0) is 60.6 Å². The number of methoxy groups -OCH3 is 2. The topological polar surface area (TPSA) is 113 Å². The molecule has 16 heteroatoms. The number of phenolic OH excluding ortho intramolecular Hbond substituents is 1. The van der Waals surface area contributed by atoms with E-state index < -0.39 is 98.2 Å². The molecule has 2 aliphatic heterocycles. The number of allylic oxidation sites excluding steroid dienone is 3. The number of imide groups is 2. The largest absolute Gasteiger partial charge is 0.502 e. The van der Waals surface area contributed by atoms with Crippen LogP contribution < -0.4 is 19.3 Å². The average Bonchev–Trinajstić information content (AvgIpc) is 3.51. The van der Waals surface area contributed by atoms with Crippen molar-refractivity contribution in [3.05, 3.63) is 94.3 Å². The number of anilines is 2. The number of ether oxygens (including phenoxy) is 2. The van der Waals surface area contributed by atoms with Crippen molar-refractivity contribution < 1.29 is 55.7 Å². The fraction of sp³-hybridized carbons (Fsp3) is 0.316. The molecule has 2 saturated heterocycles. The number of nitrogens with zero attached hydrogens (tertiary/aromatic N) is 2. The summed E-state index contributed by atoms with van der Waals surface area (Å²) in [6.45, 7) is 1.94. The lowest BCUT2D eigenvalue weighted by Crippen LogP contribution is -2.60. The first-order valence-electron chi connectivity index (χ1n) is 16.6. The molecule has 0 bridgehead atoms. The maximum atomic E-state index is 15.3. The van der Waals surface area contributed by atoms with Gasteiger partial charge >= 0.3 is 0 Å². The minimum atomic E-state index is -2.68. The molecule has 54 heavy (non-hydrogen) atoms. The number of halogens is 7. The van der Waals surface area contributed by atoms with E-state index in [4.69, 9.17) is 32.7 Å². The number of benzene rings is 3. The Morgan fingerprint density at radius 2 is 1.41 bits per heavy atom. The molecular weight excluding hydrogens is 762 g/mol. The van der Waals surface area contributed by atoms with Crippen LogP contribution in [0.5, 0.6) is 17.2 Å². The molecule has 0 spiro atoms. The molecule has 9 nitrogen and oxygen atoms in total. The summed E-state index contributed by atoms with van der Waals surface area (Å²) < 4.78 is 84.1. The zero-order chi connectivity index (χ0) is 39.2. The number of hydrogen-bond acceptors (Lipinski definition) is 7. The fourth-order valence-electron chi connectivity index (χ4n) is 8.17. The van der Waals surface area contributed by atoms with Crippen molar-refractivity contribution in [2.24, 2.45) is 23.7 Å². The highest BCUT2D eigenvalue weighted by atomic mass is 35.5. The van der Waals surface area contributed by atoms with Crippen LogP contribution in [-0.2, 0) is 25.6 Å². The van der Waals surface area contributed by atoms with E-state index in [0.717, 1.165) is 10.5 Å². The predicted molar refractivity (Wildman–Crippen MR) is 186 cm³/mol. The molecule has 3 aromatic carbocycles. The predicted octanol–water partition coefficient (Wildman–Crippen LogP) is 6.98. The SMILES string of the molecule is CCc1ccc(N2C(=O)C3CC=C4C(CC5(Cl)C(=O)N(c6c(F)c(F)c(F)c(F)c6F)C(=O)C5(Cl)C4C=Cc4cc(OC)c(O)c(OC)c4)C3C2=O)cc1. The summed E-state index contributed by atoms with van der Waals surface area (Å²) in [4.78, 5) is 52.3. The second-order valence-corrected chi connectivity index (χ2v) is 14.6. The minimum Gasteiger partial charge on any atom is -0.502 e. The highest BCUT2D eigenvalue weighted by Crippen LogP contribution is 2.64. The van der Waals surface area contributed by atoms with Gasteiger partial charge < -0.3 is 14.6 Å². The van der Waals surface area contributed by atoms with E-state index in [1.54, 1.807) is 30.3 Å². The van der Waals surface area contributed by atoms with Crippen LogP contribution in [0.4, 0.5) is 33.3 Å². The molecule has 1 saturated carbocycles. The number of carbonyl (C=O) groups excluding carboxylic acids is 4. The van der Waals surface area contributed by atoms with Crippen molar-refractivity contribution >= 4 is 64.3 Å². The lowest BCUT2D eigenvalue weighted by Gasteiger charge is -2.49. The Kier molecular flexibility index (Phi) is 9.08. The summed E-state index contributed by atoms with van der Waals surface area (Å²) in [6, 6.07) is 9.56. The van der Waals surface area contributed by atoms with Gasteiger partial charge in [-0.1, -0.05) is 42.9 Å². The maximum absolute atomic E-state index is 15.3. The zero-order valence-electron chi connectivity index (χ0n) is 28.6. The Balaban J connectivity index is 1.40. The Morgan fingerprint density at radius 1 is 0.833 bits per heavy atom. The van der Waals surface area contributed by atoms with E-state index in [-0.39, 0.29) is 34.1 Å². The van der Waals surface area contributed by atoms with Crippen LogP contribution in [0, 0.1) is 52.8 Å². The molecule has 282 valence electrons. The first kappa shape index (κ1) is 37.4. The van der Waals surface area contributed by atoms with Gasteiger partial charge in [0.25, 0.3) is 11.8 Å². The molecule has 0 radical (unpaired) electrons. The van der Waals surface area contributed by atoms with E-state index in [0.29, 0.717) is 17.7 Å². The van der Waals surface area contributed by atoms with Gasteiger partial charge in [-0.25, -0.2) is 26.9 Å². The normalized spacial score (nSPS) is 27.7. The second kappa shape index (κ2) is 13.1. The lowest BCUT2D eigenvalue weighted by molar-refractivity contribution is -0.125. The van der Waals surface area contributed by atoms with E-state index in [2.05, 4.69) is 0 Å². The van der Waals surface area contributed by atoms with Crippen molar-refractivity contribution in [3.63, 3.8) is 0 Å². The Morgan fingerprint density at radius 3 is 1.96 bits per heavy atom. The Bertz CT molecular complexity index is 2180. The lowest BCUT2D eigenvalue weighted by atomic mass is 9.57. The van der Waals surface area contributed by atoms with Gasteiger partial charge in [0.2, 0.25) is 23.4 Å². The van der Waals surface area contributed by atoms with E-state index in [9.17, 15) is 37.5 Å². The number of alkyl halides is 2. The van der Waals surface area contributed by atoms with Crippen molar-refractivity contribution in [2.45, 2.75) is 35.9 Å². The molecule has 2 heterocycles. The van der Waals surface area contributed by atoms with Gasteiger partial charge in [-0.15, -0.1) is 23.2 Å². The number of aryl methyl sites for hydroxylation is 1. The van der Waals surface area contributed by atoms with Gasteiger partial charge in [0.05, 0.1) is 31.7 Å². The third-order valence-corrected chi connectivity index (χ3v) is 12.3. The minimum absolute atomic E-state index is 0.0123. The van der Waals surface area contributed by atoms with E-state index in [1.165, 1.54) is 38.5 Å². The molecule has 1 N–H and O–H groups in total. The summed E-state index contributed by atoms with van der Waals surface area (Å²) in [5.74, 6) is -21.6. The van der Waals surface area contributed by atoms with E-state index in [1.807, 2.05) is 6.92 Å². The third-order valence-electron chi connectivity index (χ3n) is 10.9. The maximum Gasteiger partial charge on any atom is 0.258 e. The van der Waals surface area contributed by atoms with Gasteiger partial charge in [0, 0.05) is 5.92 Å². The van der Waals surface area contributed by atoms with Crippen LogP contribution in [-0.4, -0.2) is 52.7 Å². The number of rotatable bonds is 7. The Hall–Kier alpha value is -4.95. The van der Waals surface area contributed by atoms with Gasteiger partial charge in [-0.3, -0.25) is 24.1 Å². The number of hydrogen-bond donors (Lipinski definition) is 1. The van der Waals surface area contributed by atoms with Crippen molar-refractivity contribution in [2.75, 3.05) is 24.0 Å².